The van der Waals surface area contributed by atoms with Gasteiger partial charge in [-0.15, -0.1) is 11.8 Å². The van der Waals surface area contributed by atoms with E-state index in [0.29, 0.717) is 0 Å². The van der Waals surface area contributed by atoms with Crippen LogP contribution in [0.3, 0.4) is 0 Å². The Labute approximate surface area is 142 Å². The molecule has 0 saturated heterocycles. The molecule has 2 aromatic rings. The number of thioether (sulfide) groups is 1. The van der Waals surface area contributed by atoms with E-state index in [-0.39, 0.29) is 0 Å². The van der Waals surface area contributed by atoms with Crippen molar-refractivity contribution < 1.29 is 9.47 Å². The molecule has 3 nitrogen and oxygen atoms in total. The molecule has 23 heavy (non-hydrogen) atoms. The molecule has 1 aliphatic rings. The van der Waals surface area contributed by atoms with Crippen LogP contribution in [0.15, 0.2) is 41.3 Å². The smallest absolute Gasteiger partial charge is 0.132 e. The predicted octanol–water partition coefficient (Wildman–Crippen LogP) is 3.98. The maximum Gasteiger partial charge on any atom is 0.132 e. The Hall–Kier alpha value is -1.65. The minimum absolute atomic E-state index is 0.941. The average molecular weight is 329 g/mol. The third-order valence-electron chi connectivity index (χ3n) is 4.36. The Balaban J connectivity index is 1.74. The van der Waals surface area contributed by atoms with E-state index < -0.39 is 0 Å². The molecule has 4 heteroatoms. The highest BCUT2D eigenvalue weighted by molar-refractivity contribution is 7.98. The summed E-state index contributed by atoms with van der Waals surface area (Å²) in [5, 5.41) is 0. The van der Waals surface area contributed by atoms with Crippen molar-refractivity contribution in [3.63, 3.8) is 0 Å². The molecule has 0 fully saturated rings. The molecule has 122 valence electrons. The third kappa shape index (κ3) is 3.65. The Bertz CT molecular complexity index is 687. The van der Waals surface area contributed by atoms with Crippen molar-refractivity contribution in [1.82, 2.24) is 4.90 Å². The zero-order valence-electron chi connectivity index (χ0n) is 14.0. The molecule has 1 aliphatic heterocycles. The van der Waals surface area contributed by atoms with Gasteiger partial charge in [0, 0.05) is 24.5 Å². The summed E-state index contributed by atoms with van der Waals surface area (Å²) in [5.41, 5.74) is 4.12. The van der Waals surface area contributed by atoms with E-state index in [1.807, 2.05) is 0 Å². The Kier molecular flexibility index (Phi) is 5.13. The van der Waals surface area contributed by atoms with Gasteiger partial charge in [0.15, 0.2) is 0 Å². The molecule has 0 aromatic heterocycles. The lowest BCUT2D eigenvalue weighted by atomic mass is 9.99. The number of nitrogens with zero attached hydrogens (tertiary/aromatic N) is 1. The van der Waals surface area contributed by atoms with Crippen molar-refractivity contribution in [3.8, 4) is 11.5 Å². The van der Waals surface area contributed by atoms with Gasteiger partial charge in [0.1, 0.15) is 11.5 Å². The number of ether oxygens (including phenoxy) is 2. The highest BCUT2D eigenvalue weighted by Crippen LogP contribution is 2.30. The topological polar surface area (TPSA) is 21.7 Å². The molecule has 0 bridgehead atoms. The maximum absolute atomic E-state index is 5.50. The molecule has 2 aromatic carbocycles. The number of hydrogen-bond acceptors (Lipinski definition) is 4. The van der Waals surface area contributed by atoms with Gasteiger partial charge in [-0.05, 0) is 53.6 Å². The second kappa shape index (κ2) is 7.28. The SMILES string of the molecule is COc1ccc2c(c1)CN(Cc1ccc(SC)c(OC)c1)CC2. The summed E-state index contributed by atoms with van der Waals surface area (Å²) in [6, 6.07) is 12.9. The van der Waals surface area contributed by atoms with Crippen LogP contribution in [0.2, 0.25) is 0 Å². The van der Waals surface area contributed by atoms with E-state index in [2.05, 4.69) is 47.6 Å². The van der Waals surface area contributed by atoms with Crippen molar-refractivity contribution in [1.29, 1.82) is 0 Å². The summed E-state index contributed by atoms with van der Waals surface area (Å²) < 4.78 is 10.8. The molecular formula is C19H23NO2S. The fourth-order valence-corrected chi connectivity index (χ4v) is 3.64. The number of fused-ring (bicyclic) bond motifs is 1. The van der Waals surface area contributed by atoms with Gasteiger partial charge < -0.3 is 9.47 Å². The highest BCUT2D eigenvalue weighted by atomic mass is 32.2. The van der Waals surface area contributed by atoms with Gasteiger partial charge in [-0.2, -0.15) is 0 Å². The fourth-order valence-electron chi connectivity index (χ4n) is 3.09. The van der Waals surface area contributed by atoms with Crippen molar-refractivity contribution in [3.05, 3.63) is 53.1 Å². The van der Waals surface area contributed by atoms with E-state index in [0.717, 1.165) is 37.6 Å². The summed E-state index contributed by atoms with van der Waals surface area (Å²) in [7, 11) is 3.46. The molecule has 0 saturated carbocycles. The number of methoxy groups -OCH3 is 2. The molecule has 0 amide bonds. The first-order chi connectivity index (χ1) is 11.2. The Morgan fingerprint density at radius 1 is 1.04 bits per heavy atom. The molecule has 0 atom stereocenters. The maximum atomic E-state index is 5.50. The summed E-state index contributed by atoms with van der Waals surface area (Å²) in [4.78, 5) is 3.67. The van der Waals surface area contributed by atoms with Crippen LogP contribution in [-0.4, -0.2) is 31.9 Å². The molecule has 0 aliphatic carbocycles. The van der Waals surface area contributed by atoms with Gasteiger partial charge in [0.05, 0.1) is 14.2 Å². The lowest BCUT2D eigenvalue weighted by Gasteiger charge is -2.29. The first-order valence-electron chi connectivity index (χ1n) is 7.82. The van der Waals surface area contributed by atoms with Crippen LogP contribution >= 0.6 is 11.8 Å². The van der Waals surface area contributed by atoms with Crippen LogP contribution in [0, 0.1) is 0 Å². The summed E-state index contributed by atoms with van der Waals surface area (Å²) >= 11 is 1.72. The minimum atomic E-state index is 0.941. The number of benzene rings is 2. The van der Waals surface area contributed by atoms with Crippen LogP contribution in [0.4, 0.5) is 0 Å². The Morgan fingerprint density at radius 3 is 2.65 bits per heavy atom. The minimum Gasteiger partial charge on any atom is -0.497 e. The first-order valence-corrected chi connectivity index (χ1v) is 9.05. The molecule has 3 rings (SSSR count). The van der Waals surface area contributed by atoms with Gasteiger partial charge in [0.25, 0.3) is 0 Å². The van der Waals surface area contributed by atoms with E-state index in [9.17, 15) is 0 Å². The lowest BCUT2D eigenvalue weighted by molar-refractivity contribution is 0.244. The van der Waals surface area contributed by atoms with E-state index in [1.54, 1.807) is 26.0 Å². The molecule has 0 N–H and O–H groups in total. The second-order valence-corrected chi connectivity index (χ2v) is 6.63. The Morgan fingerprint density at radius 2 is 1.91 bits per heavy atom. The predicted molar refractivity (Wildman–Crippen MR) is 95.6 cm³/mol. The first kappa shape index (κ1) is 16.2. The van der Waals surface area contributed by atoms with Gasteiger partial charge in [0.2, 0.25) is 0 Å². The van der Waals surface area contributed by atoms with E-state index in [1.165, 1.54) is 21.6 Å². The van der Waals surface area contributed by atoms with Crippen LogP contribution in [-0.2, 0) is 19.5 Å². The van der Waals surface area contributed by atoms with Crippen molar-refractivity contribution in [2.45, 2.75) is 24.4 Å². The average Bonchev–Trinajstić information content (AvgIpc) is 2.60. The number of rotatable bonds is 5. The summed E-state index contributed by atoms with van der Waals surface area (Å²) in [6.07, 6.45) is 3.17. The van der Waals surface area contributed by atoms with E-state index in [4.69, 9.17) is 9.47 Å². The largest absolute Gasteiger partial charge is 0.497 e. The molecular weight excluding hydrogens is 306 g/mol. The van der Waals surface area contributed by atoms with Crippen LogP contribution < -0.4 is 9.47 Å². The zero-order valence-corrected chi connectivity index (χ0v) is 14.8. The third-order valence-corrected chi connectivity index (χ3v) is 5.14. The van der Waals surface area contributed by atoms with E-state index >= 15 is 0 Å². The normalized spacial score (nSPS) is 14.4. The monoisotopic (exact) mass is 329 g/mol. The van der Waals surface area contributed by atoms with Crippen molar-refractivity contribution in [2.75, 3.05) is 27.0 Å². The van der Waals surface area contributed by atoms with Crippen LogP contribution in [0.5, 0.6) is 11.5 Å². The van der Waals surface area contributed by atoms with Crippen molar-refractivity contribution >= 4 is 11.8 Å². The van der Waals surface area contributed by atoms with Crippen LogP contribution in [0.1, 0.15) is 16.7 Å². The summed E-state index contributed by atoms with van der Waals surface area (Å²) in [6.45, 7) is 3.01. The molecule has 0 radical (unpaired) electrons. The van der Waals surface area contributed by atoms with Crippen LogP contribution in [0.25, 0.3) is 0 Å². The number of hydrogen-bond donors (Lipinski definition) is 0. The van der Waals surface area contributed by atoms with Crippen molar-refractivity contribution in [2.24, 2.45) is 0 Å². The molecule has 0 spiro atoms. The lowest BCUT2D eigenvalue weighted by Crippen LogP contribution is -2.30. The van der Waals surface area contributed by atoms with Gasteiger partial charge >= 0.3 is 0 Å². The van der Waals surface area contributed by atoms with Gasteiger partial charge in [-0.25, -0.2) is 0 Å². The molecule has 1 heterocycles. The van der Waals surface area contributed by atoms with Gasteiger partial charge in [-0.3, -0.25) is 4.90 Å². The summed E-state index contributed by atoms with van der Waals surface area (Å²) in [5.74, 6) is 1.91. The zero-order chi connectivity index (χ0) is 16.2. The standard InChI is InChI=1S/C19H23NO2S/c1-21-17-6-5-15-8-9-20(13-16(15)11-17)12-14-4-7-19(23-3)18(10-14)22-2/h4-7,10-11H,8-9,12-13H2,1-3H3. The quantitative estimate of drug-likeness (QED) is 0.773. The molecule has 0 unspecified atom stereocenters. The van der Waals surface area contributed by atoms with Gasteiger partial charge in [-0.1, -0.05) is 12.1 Å². The second-order valence-electron chi connectivity index (χ2n) is 5.78. The fraction of sp³-hybridized carbons (Fsp3) is 0.368. The highest BCUT2D eigenvalue weighted by Gasteiger charge is 2.17.